The van der Waals surface area contributed by atoms with Crippen LogP contribution in [0.1, 0.15) is 12.5 Å². The Morgan fingerprint density at radius 3 is 2.89 bits per heavy atom. The van der Waals surface area contributed by atoms with E-state index in [1.165, 1.54) is 11.8 Å². The van der Waals surface area contributed by atoms with Crippen molar-refractivity contribution in [1.82, 2.24) is 4.98 Å². The molecule has 1 aromatic carbocycles. The first-order valence-corrected chi connectivity index (χ1v) is 6.31. The third-order valence-corrected chi connectivity index (χ3v) is 3.87. The summed E-state index contributed by atoms with van der Waals surface area (Å²) >= 11 is 3.40. The molecule has 2 aromatic rings. The molecule has 1 aromatic heterocycles. The average Bonchev–Trinajstić information content (AvgIpc) is 2.51. The number of rotatable bonds is 0. The summed E-state index contributed by atoms with van der Waals surface area (Å²) in [5.74, 6) is -0.327. The van der Waals surface area contributed by atoms with E-state index in [2.05, 4.69) is 20.9 Å². The van der Waals surface area contributed by atoms with Gasteiger partial charge in [0.1, 0.15) is 0 Å². The summed E-state index contributed by atoms with van der Waals surface area (Å²) in [5, 5.41) is 11.2. The summed E-state index contributed by atoms with van der Waals surface area (Å²) < 4.78 is 0.892. The van der Waals surface area contributed by atoms with E-state index in [9.17, 15) is 9.90 Å². The van der Waals surface area contributed by atoms with Gasteiger partial charge in [-0.05, 0) is 25.1 Å². The van der Waals surface area contributed by atoms with Crippen molar-refractivity contribution in [3.63, 3.8) is 0 Å². The Morgan fingerprint density at radius 1 is 1.44 bits per heavy atom. The molecule has 5 heteroatoms. The predicted molar refractivity (Wildman–Crippen MR) is 72.4 cm³/mol. The van der Waals surface area contributed by atoms with Gasteiger partial charge in [-0.3, -0.25) is 9.78 Å². The second-order valence-corrected chi connectivity index (χ2v) is 5.53. The molecule has 0 radical (unpaired) electrons. The molecule has 0 saturated carbocycles. The van der Waals surface area contributed by atoms with Gasteiger partial charge in [-0.1, -0.05) is 15.9 Å². The highest BCUT2D eigenvalue weighted by molar-refractivity contribution is 9.10. The number of carbonyl (C=O) groups excluding carboxylic acids is 1. The SMILES string of the molecule is CN1C(=O)C(C)(O)c2c1cnc1ccc(Br)cc21. The van der Waals surface area contributed by atoms with Crippen molar-refractivity contribution in [2.24, 2.45) is 0 Å². The Balaban J connectivity index is 2.46. The predicted octanol–water partition coefficient (Wildman–Crippen LogP) is 2.18. The second-order valence-electron chi connectivity index (χ2n) is 4.62. The fourth-order valence-corrected chi connectivity index (χ4v) is 2.82. The van der Waals surface area contributed by atoms with Crippen LogP contribution < -0.4 is 4.90 Å². The van der Waals surface area contributed by atoms with Crippen molar-refractivity contribution in [3.8, 4) is 0 Å². The number of amides is 1. The third kappa shape index (κ3) is 1.34. The second kappa shape index (κ2) is 3.52. The zero-order valence-electron chi connectivity index (χ0n) is 9.94. The van der Waals surface area contributed by atoms with E-state index in [0.29, 0.717) is 11.3 Å². The number of carbonyl (C=O) groups is 1. The molecule has 92 valence electrons. The topological polar surface area (TPSA) is 53.4 Å². The van der Waals surface area contributed by atoms with E-state index in [4.69, 9.17) is 0 Å². The van der Waals surface area contributed by atoms with Crippen LogP contribution in [0.5, 0.6) is 0 Å². The van der Waals surface area contributed by atoms with Crippen LogP contribution in [0.15, 0.2) is 28.9 Å². The lowest BCUT2D eigenvalue weighted by Gasteiger charge is -2.16. The number of hydrogen-bond acceptors (Lipinski definition) is 3. The summed E-state index contributed by atoms with van der Waals surface area (Å²) in [5.41, 5.74) is 0.559. The maximum Gasteiger partial charge on any atom is 0.263 e. The normalized spacial score (nSPS) is 22.7. The maximum atomic E-state index is 12.0. The van der Waals surface area contributed by atoms with Crippen molar-refractivity contribution >= 4 is 38.4 Å². The van der Waals surface area contributed by atoms with Crippen LogP contribution in [0.4, 0.5) is 5.69 Å². The molecule has 1 atom stereocenters. The minimum Gasteiger partial charge on any atom is -0.375 e. The van der Waals surface area contributed by atoms with Gasteiger partial charge in [0.05, 0.1) is 17.4 Å². The molecule has 3 rings (SSSR count). The lowest BCUT2D eigenvalue weighted by atomic mass is 9.94. The molecule has 0 spiro atoms. The first-order chi connectivity index (χ1) is 8.43. The van der Waals surface area contributed by atoms with E-state index < -0.39 is 5.60 Å². The molecule has 0 saturated heterocycles. The Morgan fingerprint density at radius 2 is 2.17 bits per heavy atom. The molecule has 1 N–H and O–H groups in total. The van der Waals surface area contributed by atoms with Crippen molar-refractivity contribution in [1.29, 1.82) is 0 Å². The number of halogens is 1. The first kappa shape index (κ1) is 11.6. The molecule has 1 aliphatic heterocycles. The molecule has 1 aliphatic rings. The van der Waals surface area contributed by atoms with E-state index >= 15 is 0 Å². The van der Waals surface area contributed by atoms with Gasteiger partial charge in [0.25, 0.3) is 5.91 Å². The Kier molecular flexibility index (Phi) is 2.27. The molecule has 1 unspecified atom stereocenters. The molecule has 2 heterocycles. The highest BCUT2D eigenvalue weighted by Gasteiger charge is 2.46. The summed E-state index contributed by atoms with van der Waals surface area (Å²) in [6.45, 7) is 1.53. The third-order valence-electron chi connectivity index (χ3n) is 3.38. The fraction of sp³-hybridized carbons (Fsp3) is 0.231. The van der Waals surface area contributed by atoms with Gasteiger partial charge >= 0.3 is 0 Å². The summed E-state index contributed by atoms with van der Waals surface area (Å²) in [4.78, 5) is 17.8. The van der Waals surface area contributed by atoms with Crippen molar-refractivity contribution in [2.75, 3.05) is 11.9 Å². The van der Waals surface area contributed by atoms with Crippen LogP contribution in [0, 0.1) is 0 Å². The number of fused-ring (bicyclic) bond motifs is 3. The minimum absolute atomic E-state index is 0.327. The lowest BCUT2D eigenvalue weighted by molar-refractivity contribution is -0.133. The number of aromatic nitrogens is 1. The van der Waals surface area contributed by atoms with Gasteiger partial charge < -0.3 is 10.0 Å². The van der Waals surface area contributed by atoms with Crippen LogP contribution in [0.2, 0.25) is 0 Å². The highest BCUT2D eigenvalue weighted by Crippen LogP contribution is 2.43. The van der Waals surface area contributed by atoms with Gasteiger partial charge in [0.15, 0.2) is 5.60 Å². The van der Waals surface area contributed by atoms with Gasteiger partial charge in [-0.25, -0.2) is 0 Å². The molecule has 1 amide bonds. The van der Waals surface area contributed by atoms with Gasteiger partial charge in [-0.15, -0.1) is 0 Å². The van der Waals surface area contributed by atoms with Crippen LogP contribution in [0.25, 0.3) is 10.9 Å². The monoisotopic (exact) mass is 306 g/mol. The number of aliphatic hydroxyl groups is 1. The van der Waals surface area contributed by atoms with Crippen LogP contribution >= 0.6 is 15.9 Å². The number of nitrogens with zero attached hydrogens (tertiary/aromatic N) is 2. The molecular formula is C13H11BrN2O2. The molecule has 0 bridgehead atoms. The first-order valence-electron chi connectivity index (χ1n) is 5.52. The van der Waals surface area contributed by atoms with Crippen molar-refractivity contribution < 1.29 is 9.90 Å². The van der Waals surface area contributed by atoms with Crippen molar-refractivity contribution in [3.05, 3.63) is 34.4 Å². The fourth-order valence-electron chi connectivity index (χ4n) is 2.46. The Labute approximate surface area is 112 Å². The van der Waals surface area contributed by atoms with Crippen molar-refractivity contribution in [2.45, 2.75) is 12.5 Å². The van der Waals surface area contributed by atoms with E-state index in [1.807, 2.05) is 18.2 Å². The van der Waals surface area contributed by atoms with Gasteiger partial charge in [-0.2, -0.15) is 0 Å². The van der Waals surface area contributed by atoms with Crippen LogP contribution in [-0.2, 0) is 10.4 Å². The Bertz CT molecular complexity index is 682. The number of anilines is 1. The smallest absolute Gasteiger partial charge is 0.263 e. The Hall–Kier alpha value is -1.46. The van der Waals surface area contributed by atoms with Crippen LogP contribution in [0.3, 0.4) is 0 Å². The number of hydrogen-bond donors (Lipinski definition) is 1. The van der Waals surface area contributed by atoms with E-state index in [1.54, 1.807) is 13.2 Å². The minimum atomic E-state index is -1.49. The van der Waals surface area contributed by atoms with Gasteiger partial charge in [0.2, 0.25) is 0 Å². The number of pyridine rings is 1. The quantitative estimate of drug-likeness (QED) is 0.811. The van der Waals surface area contributed by atoms with E-state index in [-0.39, 0.29) is 5.91 Å². The summed E-state index contributed by atoms with van der Waals surface area (Å²) in [6.07, 6.45) is 1.63. The molecular weight excluding hydrogens is 296 g/mol. The molecule has 4 nitrogen and oxygen atoms in total. The number of likely N-dealkylation sites (N-methyl/N-ethyl adjacent to an activating group) is 1. The molecule has 18 heavy (non-hydrogen) atoms. The zero-order valence-corrected chi connectivity index (χ0v) is 11.5. The molecule has 0 aliphatic carbocycles. The van der Waals surface area contributed by atoms with E-state index in [0.717, 1.165) is 15.4 Å². The summed E-state index contributed by atoms with van der Waals surface area (Å²) in [7, 11) is 1.65. The van der Waals surface area contributed by atoms with Crippen LogP contribution in [-0.4, -0.2) is 23.0 Å². The number of benzene rings is 1. The van der Waals surface area contributed by atoms with Gasteiger partial charge in [0, 0.05) is 22.5 Å². The zero-order chi connectivity index (χ0) is 13.1. The average molecular weight is 307 g/mol. The standard InChI is InChI=1S/C13H11BrN2O2/c1-13(18)11-8-5-7(14)3-4-9(8)15-6-10(11)16(2)12(13)17/h3-6,18H,1-2H3. The lowest BCUT2D eigenvalue weighted by Crippen LogP contribution is -2.35. The molecule has 0 fully saturated rings. The largest absolute Gasteiger partial charge is 0.375 e. The summed E-state index contributed by atoms with van der Waals surface area (Å²) in [6, 6.07) is 5.62. The highest BCUT2D eigenvalue weighted by atomic mass is 79.9. The maximum absolute atomic E-state index is 12.0.